The van der Waals surface area contributed by atoms with Crippen LogP contribution in [0.4, 0.5) is 10.1 Å². The highest BCUT2D eigenvalue weighted by molar-refractivity contribution is 7.99. The lowest BCUT2D eigenvalue weighted by atomic mass is 10.3. The molecule has 0 atom stereocenters. The molecule has 1 N–H and O–H groups in total. The Morgan fingerprint density at radius 2 is 2.12 bits per heavy atom. The van der Waals surface area contributed by atoms with Gasteiger partial charge in [0.15, 0.2) is 5.16 Å². The van der Waals surface area contributed by atoms with Gasteiger partial charge in [0.05, 0.1) is 10.8 Å². The topological polar surface area (TPSA) is 64.7 Å². The van der Waals surface area contributed by atoms with Crippen molar-refractivity contribution in [1.82, 2.24) is 19.3 Å². The van der Waals surface area contributed by atoms with E-state index in [0.717, 1.165) is 11.5 Å². The molecular formula is C17H17ClFN5OS. The Hall–Kier alpha value is -2.32. The van der Waals surface area contributed by atoms with Crippen molar-refractivity contribution in [2.75, 3.05) is 11.1 Å². The summed E-state index contributed by atoms with van der Waals surface area (Å²) in [4.78, 5) is 12.1. The van der Waals surface area contributed by atoms with E-state index in [1.807, 2.05) is 41.6 Å². The van der Waals surface area contributed by atoms with E-state index in [1.54, 1.807) is 0 Å². The highest BCUT2D eigenvalue weighted by atomic mass is 35.5. The van der Waals surface area contributed by atoms with Gasteiger partial charge in [0.25, 0.3) is 0 Å². The molecule has 6 nitrogen and oxygen atoms in total. The van der Waals surface area contributed by atoms with Crippen LogP contribution in [0.15, 0.2) is 41.7 Å². The molecule has 0 aliphatic rings. The minimum Gasteiger partial charge on any atom is -0.354 e. The lowest BCUT2D eigenvalue weighted by Crippen LogP contribution is -2.14. The van der Waals surface area contributed by atoms with Crippen LogP contribution in [0.5, 0.6) is 0 Å². The predicted molar refractivity (Wildman–Crippen MR) is 100.0 cm³/mol. The highest BCUT2D eigenvalue weighted by Gasteiger charge is 2.13. The zero-order valence-corrected chi connectivity index (χ0v) is 15.8. The van der Waals surface area contributed by atoms with E-state index in [-0.39, 0.29) is 16.7 Å². The molecule has 9 heteroatoms. The van der Waals surface area contributed by atoms with Crippen LogP contribution < -0.4 is 5.32 Å². The summed E-state index contributed by atoms with van der Waals surface area (Å²) in [6.45, 7) is 0. The average molecular weight is 394 g/mol. The van der Waals surface area contributed by atoms with Crippen LogP contribution in [0.25, 0.3) is 0 Å². The second kappa shape index (κ2) is 7.92. The molecule has 0 radical (unpaired) electrons. The number of amides is 1. The molecule has 2 aromatic heterocycles. The van der Waals surface area contributed by atoms with Gasteiger partial charge in [-0.25, -0.2) is 4.39 Å². The van der Waals surface area contributed by atoms with Crippen molar-refractivity contribution >= 4 is 35.0 Å². The molecule has 0 fully saturated rings. The first-order valence-corrected chi connectivity index (χ1v) is 9.16. The van der Waals surface area contributed by atoms with Gasteiger partial charge in [0, 0.05) is 38.1 Å². The number of carbonyl (C=O) groups is 1. The number of anilines is 1. The maximum absolute atomic E-state index is 13.1. The SMILES string of the molecule is Cn1cccc1Cc1nnc(SCC(=O)Nc2ccc(F)c(Cl)c2)n1C. The van der Waals surface area contributed by atoms with Crippen molar-refractivity contribution < 1.29 is 9.18 Å². The summed E-state index contributed by atoms with van der Waals surface area (Å²) >= 11 is 6.99. The van der Waals surface area contributed by atoms with E-state index in [0.29, 0.717) is 17.3 Å². The number of hydrogen-bond acceptors (Lipinski definition) is 4. The van der Waals surface area contributed by atoms with Crippen LogP contribution in [0, 0.1) is 5.82 Å². The van der Waals surface area contributed by atoms with Gasteiger partial charge in [-0.1, -0.05) is 23.4 Å². The quantitative estimate of drug-likeness (QED) is 0.653. The first-order valence-electron chi connectivity index (χ1n) is 7.80. The summed E-state index contributed by atoms with van der Waals surface area (Å²) in [5.74, 6) is 0.221. The van der Waals surface area contributed by atoms with Gasteiger partial charge in [-0.2, -0.15) is 0 Å². The number of aromatic nitrogens is 4. The number of nitrogens with zero attached hydrogens (tertiary/aromatic N) is 4. The summed E-state index contributed by atoms with van der Waals surface area (Å²) in [6, 6.07) is 8.06. The van der Waals surface area contributed by atoms with Crippen LogP contribution in [0.2, 0.25) is 5.02 Å². The molecule has 1 aromatic carbocycles. The normalized spacial score (nSPS) is 10.9. The van der Waals surface area contributed by atoms with Crippen molar-refractivity contribution in [2.45, 2.75) is 11.6 Å². The predicted octanol–water partition coefficient (Wildman–Crippen LogP) is 3.27. The maximum Gasteiger partial charge on any atom is 0.234 e. The number of thioether (sulfide) groups is 1. The first-order chi connectivity index (χ1) is 12.4. The molecule has 0 saturated carbocycles. The monoisotopic (exact) mass is 393 g/mol. The summed E-state index contributed by atoms with van der Waals surface area (Å²) < 4.78 is 17.0. The average Bonchev–Trinajstić information content (AvgIpc) is 3.16. The standard InChI is InChI=1S/C17H17ClFN5OS/c1-23-7-3-4-12(23)9-15-21-22-17(24(15)2)26-10-16(25)20-11-5-6-14(19)13(18)8-11/h3-8H,9-10H2,1-2H3,(H,20,25). The number of rotatable bonds is 6. The van der Waals surface area contributed by atoms with Crippen LogP contribution in [-0.2, 0) is 25.3 Å². The van der Waals surface area contributed by atoms with E-state index in [4.69, 9.17) is 11.6 Å². The molecule has 136 valence electrons. The van der Waals surface area contributed by atoms with E-state index in [2.05, 4.69) is 15.5 Å². The number of aryl methyl sites for hydroxylation is 1. The Balaban J connectivity index is 1.58. The molecule has 3 aromatic rings. The molecule has 26 heavy (non-hydrogen) atoms. The smallest absolute Gasteiger partial charge is 0.234 e. The Kier molecular flexibility index (Phi) is 5.63. The fourth-order valence-corrected chi connectivity index (χ4v) is 3.28. The minimum absolute atomic E-state index is 0.0333. The Morgan fingerprint density at radius 1 is 1.31 bits per heavy atom. The Morgan fingerprint density at radius 3 is 2.81 bits per heavy atom. The van der Waals surface area contributed by atoms with Crippen LogP contribution in [0.3, 0.4) is 0 Å². The molecule has 0 unspecified atom stereocenters. The second-order valence-electron chi connectivity index (χ2n) is 5.71. The van der Waals surface area contributed by atoms with Gasteiger partial charge in [0.2, 0.25) is 5.91 Å². The van der Waals surface area contributed by atoms with Gasteiger partial charge >= 0.3 is 0 Å². The zero-order valence-electron chi connectivity index (χ0n) is 14.2. The van der Waals surface area contributed by atoms with Gasteiger partial charge in [-0.3, -0.25) is 4.79 Å². The Bertz CT molecular complexity index is 939. The fraction of sp³-hybridized carbons (Fsp3) is 0.235. The van der Waals surface area contributed by atoms with E-state index in [1.165, 1.54) is 30.0 Å². The van der Waals surface area contributed by atoms with E-state index >= 15 is 0 Å². The molecular weight excluding hydrogens is 377 g/mol. The van der Waals surface area contributed by atoms with Gasteiger partial charge in [-0.15, -0.1) is 10.2 Å². The van der Waals surface area contributed by atoms with Crippen molar-refractivity contribution in [3.05, 3.63) is 58.9 Å². The highest BCUT2D eigenvalue weighted by Crippen LogP contribution is 2.21. The largest absolute Gasteiger partial charge is 0.354 e. The molecule has 0 aliphatic heterocycles. The first kappa shape index (κ1) is 18.5. The third-order valence-corrected chi connectivity index (χ3v) is 5.16. The summed E-state index contributed by atoms with van der Waals surface area (Å²) in [5.41, 5.74) is 1.58. The van der Waals surface area contributed by atoms with Crippen LogP contribution in [-0.4, -0.2) is 31.0 Å². The molecule has 0 spiro atoms. The molecule has 1 amide bonds. The Labute approximate surface area is 159 Å². The second-order valence-corrected chi connectivity index (χ2v) is 7.06. The summed E-state index contributed by atoms with van der Waals surface area (Å²) in [6.07, 6.45) is 2.64. The zero-order chi connectivity index (χ0) is 18.7. The molecule has 2 heterocycles. The van der Waals surface area contributed by atoms with Gasteiger partial charge in [-0.05, 0) is 30.3 Å². The van der Waals surface area contributed by atoms with Gasteiger partial charge < -0.3 is 14.5 Å². The summed E-state index contributed by atoms with van der Waals surface area (Å²) in [5, 5.41) is 11.6. The molecule has 3 rings (SSSR count). The molecule has 0 bridgehead atoms. The number of halogens is 2. The maximum atomic E-state index is 13.1. The van der Waals surface area contributed by atoms with E-state index in [9.17, 15) is 9.18 Å². The lowest BCUT2D eigenvalue weighted by molar-refractivity contribution is -0.113. The third kappa shape index (κ3) is 4.25. The van der Waals surface area contributed by atoms with Crippen molar-refractivity contribution in [1.29, 1.82) is 0 Å². The van der Waals surface area contributed by atoms with Crippen LogP contribution in [0.1, 0.15) is 11.5 Å². The minimum atomic E-state index is -0.524. The number of carbonyl (C=O) groups excluding carboxylic acids is 1. The van der Waals surface area contributed by atoms with E-state index < -0.39 is 5.82 Å². The van der Waals surface area contributed by atoms with Crippen LogP contribution >= 0.6 is 23.4 Å². The molecule has 0 aliphatic carbocycles. The van der Waals surface area contributed by atoms with Crippen molar-refractivity contribution in [3.63, 3.8) is 0 Å². The van der Waals surface area contributed by atoms with Crippen molar-refractivity contribution in [3.8, 4) is 0 Å². The number of nitrogens with one attached hydrogen (secondary N) is 1. The third-order valence-electron chi connectivity index (χ3n) is 3.85. The fourth-order valence-electron chi connectivity index (χ4n) is 2.37. The van der Waals surface area contributed by atoms with Gasteiger partial charge in [0.1, 0.15) is 11.6 Å². The number of benzene rings is 1. The van der Waals surface area contributed by atoms with Crippen molar-refractivity contribution in [2.24, 2.45) is 14.1 Å². The lowest BCUT2D eigenvalue weighted by Gasteiger charge is -2.07. The summed E-state index contributed by atoms with van der Waals surface area (Å²) in [7, 11) is 3.85. The molecule has 0 saturated heterocycles. The number of hydrogen-bond donors (Lipinski definition) is 1.